The van der Waals surface area contributed by atoms with Crippen molar-refractivity contribution in [3.8, 4) is 0 Å². The number of aromatic nitrogens is 1. The standard InChI is InChI=1S/C14H11NO3/c1-10(14(17)18)15-9-5-8-12(15)13(16)11-6-3-2-4-7-11/h2-9H,1H2,(H,17,18)/p-1. The Balaban J connectivity index is 2.42. The summed E-state index contributed by atoms with van der Waals surface area (Å²) in [5, 5.41) is 10.8. The highest BCUT2D eigenvalue weighted by molar-refractivity contribution is 6.12. The summed E-state index contributed by atoms with van der Waals surface area (Å²) < 4.78 is 1.21. The lowest BCUT2D eigenvalue weighted by Crippen LogP contribution is -2.27. The van der Waals surface area contributed by atoms with E-state index in [4.69, 9.17) is 0 Å². The van der Waals surface area contributed by atoms with Gasteiger partial charge in [-0.25, -0.2) is 0 Å². The largest absolute Gasteiger partial charge is 0.543 e. The van der Waals surface area contributed by atoms with Crippen LogP contribution in [-0.4, -0.2) is 16.3 Å². The van der Waals surface area contributed by atoms with Crippen molar-refractivity contribution >= 4 is 17.4 Å². The number of aliphatic carboxylic acids is 1. The molecule has 0 saturated heterocycles. The Morgan fingerprint density at radius 3 is 2.33 bits per heavy atom. The number of carboxylic acids is 1. The van der Waals surface area contributed by atoms with Crippen molar-refractivity contribution < 1.29 is 14.7 Å². The van der Waals surface area contributed by atoms with E-state index in [-0.39, 0.29) is 17.2 Å². The second-order valence-electron chi connectivity index (χ2n) is 3.69. The van der Waals surface area contributed by atoms with Crippen molar-refractivity contribution in [3.05, 3.63) is 66.5 Å². The molecule has 0 N–H and O–H groups in total. The van der Waals surface area contributed by atoms with E-state index in [1.54, 1.807) is 42.5 Å². The maximum Gasteiger partial charge on any atom is 0.209 e. The third-order valence-electron chi connectivity index (χ3n) is 2.54. The Morgan fingerprint density at radius 1 is 1.06 bits per heavy atom. The van der Waals surface area contributed by atoms with Gasteiger partial charge in [0.15, 0.2) is 0 Å². The topological polar surface area (TPSA) is 62.1 Å². The third-order valence-corrected chi connectivity index (χ3v) is 2.54. The first kappa shape index (κ1) is 11.9. The van der Waals surface area contributed by atoms with Crippen LogP contribution in [0.2, 0.25) is 0 Å². The normalized spacial score (nSPS) is 10.0. The van der Waals surface area contributed by atoms with E-state index in [2.05, 4.69) is 6.58 Å². The van der Waals surface area contributed by atoms with Crippen LogP contribution in [0, 0.1) is 0 Å². The second kappa shape index (κ2) is 4.71. The second-order valence-corrected chi connectivity index (χ2v) is 3.69. The van der Waals surface area contributed by atoms with Gasteiger partial charge < -0.3 is 14.5 Å². The fraction of sp³-hybridized carbons (Fsp3) is 0. The lowest BCUT2D eigenvalue weighted by Gasteiger charge is -2.11. The molecular formula is C14H10NO3-. The first-order valence-electron chi connectivity index (χ1n) is 5.29. The highest BCUT2D eigenvalue weighted by Gasteiger charge is 2.14. The van der Waals surface area contributed by atoms with Gasteiger partial charge in [-0.1, -0.05) is 36.9 Å². The van der Waals surface area contributed by atoms with E-state index in [9.17, 15) is 14.7 Å². The van der Waals surface area contributed by atoms with Gasteiger partial charge in [0, 0.05) is 11.8 Å². The van der Waals surface area contributed by atoms with E-state index in [1.807, 2.05) is 0 Å². The lowest BCUT2D eigenvalue weighted by molar-refractivity contribution is -0.296. The predicted molar refractivity (Wildman–Crippen MR) is 64.6 cm³/mol. The fourth-order valence-electron chi connectivity index (χ4n) is 1.64. The maximum absolute atomic E-state index is 12.2. The molecule has 2 rings (SSSR count). The Bertz CT molecular complexity index is 611. The molecule has 0 spiro atoms. The van der Waals surface area contributed by atoms with Gasteiger partial charge in [0.05, 0.1) is 17.4 Å². The zero-order valence-electron chi connectivity index (χ0n) is 9.50. The molecule has 0 amide bonds. The van der Waals surface area contributed by atoms with Crippen LogP contribution in [0.5, 0.6) is 0 Å². The van der Waals surface area contributed by atoms with Gasteiger partial charge in [-0.3, -0.25) is 4.79 Å². The Labute approximate surface area is 104 Å². The molecule has 0 saturated carbocycles. The predicted octanol–water partition coefficient (Wildman–Crippen LogP) is 0.940. The molecule has 0 bridgehead atoms. The Morgan fingerprint density at radius 2 is 1.72 bits per heavy atom. The molecule has 18 heavy (non-hydrogen) atoms. The van der Waals surface area contributed by atoms with Gasteiger partial charge >= 0.3 is 0 Å². The summed E-state index contributed by atoms with van der Waals surface area (Å²) in [5.41, 5.74) is 0.471. The van der Waals surface area contributed by atoms with Gasteiger partial charge in [-0.15, -0.1) is 0 Å². The Hall–Kier alpha value is -2.62. The van der Waals surface area contributed by atoms with Crippen LogP contribution in [0.15, 0.2) is 55.2 Å². The van der Waals surface area contributed by atoms with Crippen molar-refractivity contribution in [1.29, 1.82) is 0 Å². The van der Waals surface area contributed by atoms with Gasteiger partial charge in [-0.2, -0.15) is 0 Å². The summed E-state index contributed by atoms with van der Waals surface area (Å²) in [6.45, 7) is 3.38. The highest BCUT2D eigenvalue weighted by Crippen LogP contribution is 2.14. The fourth-order valence-corrected chi connectivity index (χ4v) is 1.64. The SMILES string of the molecule is C=C(C(=O)[O-])n1cccc1C(=O)c1ccccc1. The molecule has 0 atom stereocenters. The van der Waals surface area contributed by atoms with Crippen LogP contribution in [0.1, 0.15) is 16.1 Å². The summed E-state index contributed by atoms with van der Waals surface area (Å²) in [6.07, 6.45) is 1.47. The van der Waals surface area contributed by atoms with E-state index in [1.165, 1.54) is 10.8 Å². The third kappa shape index (κ3) is 2.08. The molecule has 0 aliphatic rings. The van der Waals surface area contributed by atoms with E-state index >= 15 is 0 Å². The lowest BCUT2D eigenvalue weighted by atomic mass is 10.1. The summed E-state index contributed by atoms with van der Waals surface area (Å²) in [6, 6.07) is 11.8. The van der Waals surface area contributed by atoms with Crippen molar-refractivity contribution in [2.24, 2.45) is 0 Å². The molecule has 1 aromatic heterocycles. The number of rotatable bonds is 4. The van der Waals surface area contributed by atoms with Gasteiger partial charge in [-0.05, 0) is 12.1 Å². The monoisotopic (exact) mass is 240 g/mol. The zero-order valence-corrected chi connectivity index (χ0v) is 9.50. The summed E-state index contributed by atoms with van der Waals surface area (Å²) in [7, 11) is 0. The maximum atomic E-state index is 12.2. The van der Waals surface area contributed by atoms with Crippen LogP contribution in [0.3, 0.4) is 0 Å². The zero-order chi connectivity index (χ0) is 13.1. The number of benzene rings is 1. The van der Waals surface area contributed by atoms with Crippen LogP contribution >= 0.6 is 0 Å². The molecule has 0 fully saturated rings. The van der Waals surface area contributed by atoms with E-state index in [0.717, 1.165) is 0 Å². The van der Waals surface area contributed by atoms with Crippen molar-refractivity contribution in [2.45, 2.75) is 0 Å². The molecular weight excluding hydrogens is 230 g/mol. The van der Waals surface area contributed by atoms with Gasteiger partial charge in [0.2, 0.25) is 5.78 Å². The molecule has 4 nitrogen and oxygen atoms in total. The van der Waals surface area contributed by atoms with Crippen LogP contribution < -0.4 is 5.11 Å². The first-order chi connectivity index (χ1) is 8.61. The average molecular weight is 240 g/mol. The van der Waals surface area contributed by atoms with Crippen LogP contribution in [0.4, 0.5) is 0 Å². The minimum Gasteiger partial charge on any atom is -0.543 e. The minimum atomic E-state index is -1.41. The summed E-state index contributed by atoms with van der Waals surface area (Å²) >= 11 is 0. The Kier molecular flexibility index (Phi) is 3.10. The molecule has 1 aromatic carbocycles. The summed E-state index contributed by atoms with van der Waals surface area (Å²) in [4.78, 5) is 22.9. The van der Waals surface area contributed by atoms with Crippen LogP contribution in [0.25, 0.3) is 5.70 Å². The highest BCUT2D eigenvalue weighted by atomic mass is 16.4. The molecule has 2 aromatic rings. The minimum absolute atomic E-state index is 0.246. The number of hydrogen-bond donors (Lipinski definition) is 0. The molecule has 0 radical (unpaired) electrons. The summed E-state index contributed by atoms with van der Waals surface area (Å²) in [5.74, 6) is -1.67. The molecule has 0 unspecified atom stereocenters. The number of hydrogen-bond acceptors (Lipinski definition) is 3. The molecule has 1 heterocycles. The quantitative estimate of drug-likeness (QED) is 0.590. The van der Waals surface area contributed by atoms with Gasteiger partial charge in [0.1, 0.15) is 0 Å². The molecule has 4 heteroatoms. The first-order valence-corrected chi connectivity index (χ1v) is 5.29. The number of ketones is 1. The van der Waals surface area contributed by atoms with Crippen molar-refractivity contribution in [3.63, 3.8) is 0 Å². The number of carboxylic acid groups (broad SMARTS) is 1. The van der Waals surface area contributed by atoms with E-state index in [0.29, 0.717) is 5.56 Å². The smallest absolute Gasteiger partial charge is 0.209 e. The molecule has 90 valence electrons. The molecule has 0 aliphatic carbocycles. The van der Waals surface area contributed by atoms with Crippen LogP contribution in [-0.2, 0) is 4.79 Å². The average Bonchev–Trinajstić information content (AvgIpc) is 2.87. The van der Waals surface area contributed by atoms with Crippen molar-refractivity contribution in [2.75, 3.05) is 0 Å². The van der Waals surface area contributed by atoms with Crippen molar-refractivity contribution in [1.82, 2.24) is 4.57 Å². The number of carbonyl (C=O) groups excluding carboxylic acids is 2. The number of carbonyl (C=O) groups is 2. The number of nitrogens with zero attached hydrogens (tertiary/aromatic N) is 1. The van der Waals surface area contributed by atoms with Gasteiger partial charge in [0.25, 0.3) is 0 Å². The molecule has 0 aliphatic heterocycles. The van der Waals surface area contributed by atoms with E-state index < -0.39 is 5.97 Å².